The van der Waals surface area contributed by atoms with Gasteiger partial charge >= 0.3 is 0 Å². The molecule has 0 spiro atoms. The molecule has 0 aliphatic heterocycles. The van der Waals surface area contributed by atoms with Gasteiger partial charge in [-0.1, -0.05) is 35.5 Å². The third-order valence-corrected chi connectivity index (χ3v) is 4.87. The van der Waals surface area contributed by atoms with Crippen molar-refractivity contribution >= 4 is 45.9 Å². The summed E-state index contributed by atoms with van der Waals surface area (Å²) in [5.41, 5.74) is 1.82. The third-order valence-electron chi connectivity index (χ3n) is 3.18. The summed E-state index contributed by atoms with van der Waals surface area (Å²) >= 11 is 2.58. The second-order valence-electron chi connectivity index (χ2n) is 5.32. The van der Waals surface area contributed by atoms with Crippen molar-refractivity contribution in [3.05, 3.63) is 47.5 Å². The summed E-state index contributed by atoms with van der Waals surface area (Å²) in [5, 5.41) is 11.5. The fraction of sp³-hybridized carbons (Fsp3) is 0.176. The fourth-order valence-electron chi connectivity index (χ4n) is 2.07. The number of nitrogens with one attached hydrogen (secondary N) is 2. The average Bonchev–Trinajstić information content (AvgIpc) is 3.25. The van der Waals surface area contributed by atoms with Gasteiger partial charge in [-0.05, 0) is 6.92 Å². The molecule has 2 N–H and O–H groups in total. The van der Waals surface area contributed by atoms with Gasteiger partial charge in [-0.2, -0.15) is 0 Å². The van der Waals surface area contributed by atoms with E-state index in [4.69, 9.17) is 4.52 Å². The quantitative estimate of drug-likeness (QED) is 0.644. The Morgan fingerprint density at radius 1 is 1.15 bits per heavy atom. The number of nitrogens with zero attached hydrogens (tertiary/aromatic N) is 2. The largest absolute Gasteiger partial charge is 0.360 e. The van der Waals surface area contributed by atoms with Crippen molar-refractivity contribution in [2.45, 2.75) is 6.92 Å². The summed E-state index contributed by atoms with van der Waals surface area (Å²) in [7, 11) is 0. The number of amides is 2. The molecule has 2 amide bonds. The van der Waals surface area contributed by atoms with Crippen molar-refractivity contribution in [3.8, 4) is 11.3 Å². The Balaban J connectivity index is 1.42. The summed E-state index contributed by atoms with van der Waals surface area (Å²) in [5.74, 6) is 0.850. The standard InChI is InChI=1S/C17H16N4O3S2/c1-11-7-14(21-24-11)19-15(22)9-25-10-16(23)20-17-18-13(8-26-17)12-5-3-2-4-6-12/h2-8H,9-10H2,1H3,(H,18,20,23)(H,19,21,22). The lowest BCUT2D eigenvalue weighted by molar-refractivity contribution is -0.114. The third kappa shape index (κ3) is 5.17. The Bertz CT molecular complexity index is 892. The van der Waals surface area contributed by atoms with Crippen LogP contribution in [0.1, 0.15) is 5.76 Å². The molecule has 2 aromatic heterocycles. The molecule has 1 aromatic carbocycles. The number of hydrogen-bond acceptors (Lipinski definition) is 7. The monoisotopic (exact) mass is 388 g/mol. The summed E-state index contributed by atoms with van der Waals surface area (Å²) in [6.45, 7) is 1.74. The van der Waals surface area contributed by atoms with Crippen molar-refractivity contribution in [1.82, 2.24) is 10.1 Å². The molecule has 0 saturated carbocycles. The zero-order valence-electron chi connectivity index (χ0n) is 13.9. The van der Waals surface area contributed by atoms with E-state index in [0.29, 0.717) is 16.7 Å². The molecule has 0 saturated heterocycles. The maximum atomic E-state index is 12.0. The van der Waals surface area contributed by atoms with Crippen molar-refractivity contribution in [2.75, 3.05) is 22.1 Å². The number of carbonyl (C=O) groups is 2. The number of aromatic nitrogens is 2. The van der Waals surface area contributed by atoms with Crippen LogP contribution in [0, 0.1) is 6.92 Å². The van der Waals surface area contributed by atoms with Gasteiger partial charge in [0.2, 0.25) is 11.8 Å². The maximum Gasteiger partial charge on any atom is 0.236 e. The second kappa shape index (κ2) is 8.63. The lowest BCUT2D eigenvalue weighted by atomic mass is 10.2. The van der Waals surface area contributed by atoms with Crippen LogP contribution in [0.2, 0.25) is 0 Å². The van der Waals surface area contributed by atoms with E-state index in [2.05, 4.69) is 20.8 Å². The highest BCUT2D eigenvalue weighted by Gasteiger charge is 2.10. The minimum atomic E-state index is -0.239. The predicted molar refractivity (Wildman–Crippen MR) is 103 cm³/mol. The summed E-state index contributed by atoms with van der Waals surface area (Å²) < 4.78 is 4.87. The number of thioether (sulfide) groups is 1. The van der Waals surface area contributed by atoms with Gasteiger partial charge in [-0.25, -0.2) is 4.98 Å². The van der Waals surface area contributed by atoms with Crippen LogP contribution in [0.15, 0.2) is 46.3 Å². The van der Waals surface area contributed by atoms with E-state index in [1.54, 1.807) is 13.0 Å². The molecule has 0 atom stereocenters. The van der Waals surface area contributed by atoms with Gasteiger partial charge in [0, 0.05) is 17.0 Å². The average molecular weight is 388 g/mol. The van der Waals surface area contributed by atoms with Crippen molar-refractivity contribution in [2.24, 2.45) is 0 Å². The highest BCUT2D eigenvalue weighted by Crippen LogP contribution is 2.24. The highest BCUT2D eigenvalue weighted by molar-refractivity contribution is 8.00. The molecular formula is C17H16N4O3S2. The second-order valence-corrected chi connectivity index (χ2v) is 7.16. The number of aryl methyl sites for hydroxylation is 1. The lowest BCUT2D eigenvalue weighted by Gasteiger charge is -2.02. The van der Waals surface area contributed by atoms with Gasteiger partial charge in [0.25, 0.3) is 0 Å². The number of carbonyl (C=O) groups excluding carboxylic acids is 2. The highest BCUT2D eigenvalue weighted by atomic mass is 32.2. The van der Waals surface area contributed by atoms with Crippen LogP contribution >= 0.6 is 23.1 Å². The van der Waals surface area contributed by atoms with E-state index in [1.165, 1.54) is 23.1 Å². The first-order chi connectivity index (χ1) is 12.6. The molecule has 0 radical (unpaired) electrons. The van der Waals surface area contributed by atoms with Crippen LogP contribution in [0.3, 0.4) is 0 Å². The molecule has 7 nitrogen and oxygen atoms in total. The minimum absolute atomic E-state index is 0.145. The molecule has 0 aliphatic carbocycles. The van der Waals surface area contributed by atoms with Crippen LogP contribution in [0.4, 0.5) is 10.9 Å². The smallest absolute Gasteiger partial charge is 0.236 e. The maximum absolute atomic E-state index is 12.0. The topological polar surface area (TPSA) is 97.1 Å². The van der Waals surface area contributed by atoms with Crippen molar-refractivity contribution in [1.29, 1.82) is 0 Å². The van der Waals surface area contributed by atoms with Gasteiger partial charge in [0.15, 0.2) is 10.9 Å². The van der Waals surface area contributed by atoms with Crippen LogP contribution in [-0.2, 0) is 9.59 Å². The Labute approximate surface area is 158 Å². The molecule has 26 heavy (non-hydrogen) atoms. The first-order valence-corrected chi connectivity index (χ1v) is 9.75. The number of anilines is 2. The first kappa shape index (κ1) is 18.2. The fourth-order valence-corrected chi connectivity index (χ4v) is 3.42. The van der Waals surface area contributed by atoms with Crippen LogP contribution in [0.5, 0.6) is 0 Å². The lowest BCUT2D eigenvalue weighted by Crippen LogP contribution is -2.18. The van der Waals surface area contributed by atoms with E-state index in [0.717, 1.165) is 11.3 Å². The van der Waals surface area contributed by atoms with Gasteiger partial charge in [-0.3, -0.25) is 9.59 Å². The minimum Gasteiger partial charge on any atom is -0.360 e. The predicted octanol–water partition coefficient (Wildman–Crippen LogP) is 3.42. The first-order valence-electron chi connectivity index (χ1n) is 7.72. The Morgan fingerprint density at radius 3 is 2.58 bits per heavy atom. The van der Waals surface area contributed by atoms with E-state index in [1.807, 2.05) is 35.7 Å². The number of thiazole rings is 1. The van der Waals surface area contributed by atoms with Gasteiger partial charge in [0.1, 0.15) is 5.76 Å². The Hall–Kier alpha value is -2.65. The zero-order chi connectivity index (χ0) is 18.4. The summed E-state index contributed by atoms with van der Waals surface area (Å²) in [6, 6.07) is 11.4. The molecule has 3 rings (SSSR count). The van der Waals surface area contributed by atoms with Crippen molar-refractivity contribution < 1.29 is 14.1 Å². The van der Waals surface area contributed by atoms with Crippen LogP contribution in [-0.4, -0.2) is 33.5 Å². The van der Waals surface area contributed by atoms with Gasteiger partial charge < -0.3 is 15.2 Å². The zero-order valence-corrected chi connectivity index (χ0v) is 15.5. The van der Waals surface area contributed by atoms with E-state index in [-0.39, 0.29) is 23.3 Å². The van der Waals surface area contributed by atoms with Gasteiger partial charge in [0.05, 0.1) is 17.2 Å². The molecule has 3 aromatic rings. The van der Waals surface area contributed by atoms with E-state index < -0.39 is 0 Å². The molecule has 0 aliphatic rings. The molecule has 2 heterocycles. The molecule has 9 heteroatoms. The Morgan fingerprint density at radius 2 is 1.88 bits per heavy atom. The van der Waals surface area contributed by atoms with E-state index >= 15 is 0 Å². The molecule has 0 unspecified atom stereocenters. The Kier molecular flexibility index (Phi) is 6.03. The van der Waals surface area contributed by atoms with Crippen LogP contribution < -0.4 is 10.6 Å². The molecule has 134 valence electrons. The van der Waals surface area contributed by atoms with E-state index in [9.17, 15) is 9.59 Å². The number of hydrogen-bond donors (Lipinski definition) is 2. The van der Waals surface area contributed by atoms with Crippen molar-refractivity contribution in [3.63, 3.8) is 0 Å². The summed E-state index contributed by atoms with van der Waals surface area (Å²) in [4.78, 5) is 28.1. The van der Waals surface area contributed by atoms with Crippen LogP contribution in [0.25, 0.3) is 11.3 Å². The SMILES string of the molecule is Cc1cc(NC(=O)CSCC(=O)Nc2nc(-c3ccccc3)cs2)no1. The van der Waals surface area contributed by atoms with Gasteiger partial charge in [-0.15, -0.1) is 23.1 Å². The molecular weight excluding hydrogens is 372 g/mol. The molecule has 0 fully saturated rings. The summed E-state index contributed by atoms with van der Waals surface area (Å²) in [6.07, 6.45) is 0. The number of rotatable bonds is 7. The number of benzene rings is 1. The normalized spacial score (nSPS) is 10.5. The molecule has 0 bridgehead atoms.